The Morgan fingerprint density at radius 3 is 2.71 bits per heavy atom. The summed E-state index contributed by atoms with van der Waals surface area (Å²) in [6.45, 7) is 7.25. The fraction of sp³-hybridized carbons (Fsp3) is 0.182. The first kappa shape index (κ1) is 13.7. The zero-order valence-electron chi connectivity index (χ0n) is 9.92. The van der Waals surface area contributed by atoms with Gasteiger partial charge >= 0.3 is 10.2 Å². The van der Waals surface area contributed by atoms with E-state index in [-0.39, 0.29) is 0 Å². The molecule has 92 valence electrons. The first-order valence-electron chi connectivity index (χ1n) is 5.09. The van der Waals surface area contributed by atoms with Crippen molar-refractivity contribution in [1.29, 1.82) is 0 Å². The van der Waals surface area contributed by atoms with Crippen molar-refractivity contribution >= 4 is 18.6 Å². The van der Waals surface area contributed by atoms with E-state index in [1.807, 2.05) is 12.2 Å². The number of hydrogen-bond donors (Lipinski definition) is 1. The van der Waals surface area contributed by atoms with Crippen molar-refractivity contribution in [2.24, 2.45) is 6.55 Å². The van der Waals surface area contributed by atoms with Crippen molar-refractivity contribution in [2.75, 3.05) is 0 Å². The van der Waals surface area contributed by atoms with E-state index in [0.717, 1.165) is 0 Å². The molecule has 0 saturated heterocycles. The number of allylic oxidation sites excluding steroid dienone is 5. The molecule has 0 bridgehead atoms. The predicted octanol–water partition coefficient (Wildman–Crippen LogP) is 1.38. The predicted molar refractivity (Wildman–Crippen MR) is 71.9 cm³/mol. The molecule has 0 spiro atoms. The van der Waals surface area contributed by atoms with Crippen LogP contribution in [0.4, 0.5) is 0 Å². The van der Waals surface area contributed by atoms with Crippen molar-refractivity contribution in [3.05, 3.63) is 54.3 Å². The van der Waals surface area contributed by atoms with Gasteiger partial charge in [0, 0.05) is 17.7 Å². The standard InChI is InChI=1S/C11H16N2O2SSi/c1-4-5-6-7-11(2)12-16(14,15)13-8-9-17(3)10-13/h4-10,12H,1H2,2-3H3/b6-5-,11-7+. The second-order valence-electron chi connectivity index (χ2n) is 3.60. The average Bonchev–Trinajstić information content (AvgIpc) is 2.65. The van der Waals surface area contributed by atoms with Crippen LogP contribution in [0.2, 0.25) is 0 Å². The third-order valence-corrected chi connectivity index (χ3v) is 4.89. The number of aromatic nitrogens is 1. The van der Waals surface area contributed by atoms with Crippen LogP contribution in [0.15, 0.2) is 54.3 Å². The van der Waals surface area contributed by atoms with Gasteiger partial charge in [0.15, 0.2) is 0 Å². The summed E-state index contributed by atoms with van der Waals surface area (Å²) in [5, 5.41) is 0. The molecule has 0 unspecified atom stereocenters. The molecule has 1 N–H and O–H groups in total. The molecular formula is C11H16N2O2SSi. The Morgan fingerprint density at radius 2 is 2.18 bits per heavy atom. The summed E-state index contributed by atoms with van der Waals surface area (Å²) in [6, 6.07) is 0. The summed E-state index contributed by atoms with van der Waals surface area (Å²) in [4.78, 5) is 0. The minimum Gasteiger partial charge on any atom is -0.270 e. The second kappa shape index (κ2) is 5.79. The topological polar surface area (TPSA) is 51.1 Å². The first-order chi connectivity index (χ1) is 7.95. The van der Waals surface area contributed by atoms with Crippen LogP contribution in [0, 0.1) is 0 Å². The van der Waals surface area contributed by atoms with Crippen molar-refractivity contribution in [2.45, 2.75) is 6.92 Å². The lowest BCUT2D eigenvalue weighted by Gasteiger charge is -2.08. The van der Waals surface area contributed by atoms with E-state index < -0.39 is 18.6 Å². The van der Waals surface area contributed by atoms with Crippen molar-refractivity contribution in [3.63, 3.8) is 0 Å². The highest BCUT2D eigenvalue weighted by atomic mass is 32.2. The molecule has 0 aliphatic carbocycles. The summed E-state index contributed by atoms with van der Waals surface area (Å²) < 4.78 is 27.5. The molecule has 0 fully saturated rings. The minimum absolute atomic E-state index is 0.557. The Morgan fingerprint density at radius 1 is 1.47 bits per heavy atom. The van der Waals surface area contributed by atoms with Crippen molar-refractivity contribution in [3.8, 4) is 0 Å². The largest absolute Gasteiger partial charge is 0.326 e. The molecule has 0 radical (unpaired) electrons. The number of hydrogen-bond acceptors (Lipinski definition) is 2. The van der Waals surface area contributed by atoms with E-state index >= 15 is 0 Å². The third-order valence-electron chi connectivity index (χ3n) is 1.98. The maximum atomic E-state index is 11.9. The van der Waals surface area contributed by atoms with Gasteiger partial charge in [-0.1, -0.05) is 37.0 Å². The highest BCUT2D eigenvalue weighted by Crippen LogP contribution is 1.98. The molecule has 1 aromatic rings. The van der Waals surface area contributed by atoms with Gasteiger partial charge in [-0.25, -0.2) is 3.97 Å². The lowest BCUT2D eigenvalue weighted by atomic mass is 10.4. The Bertz CT molecular complexity index is 556. The minimum atomic E-state index is -3.49. The van der Waals surface area contributed by atoms with Gasteiger partial charge in [0.1, 0.15) is 0 Å². The van der Waals surface area contributed by atoms with Crippen LogP contribution in [-0.4, -0.2) is 20.8 Å². The molecule has 1 heterocycles. The maximum Gasteiger partial charge on any atom is 0.326 e. The van der Waals surface area contributed by atoms with Crippen molar-refractivity contribution < 1.29 is 8.42 Å². The normalized spacial score (nSPS) is 12.9. The van der Waals surface area contributed by atoms with E-state index in [4.69, 9.17) is 0 Å². The molecule has 0 atom stereocenters. The molecule has 0 saturated carbocycles. The van der Waals surface area contributed by atoms with Crippen LogP contribution in [0.5, 0.6) is 0 Å². The molecule has 0 aliphatic rings. The van der Waals surface area contributed by atoms with E-state index in [0.29, 0.717) is 5.70 Å². The molecule has 1 aromatic heterocycles. The first-order valence-corrected chi connectivity index (χ1v) is 8.69. The zero-order chi connectivity index (χ0) is 12.9. The second-order valence-corrected chi connectivity index (χ2v) is 7.25. The van der Waals surface area contributed by atoms with Gasteiger partial charge in [0.05, 0.1) is 8.40 Å². The Balaban J connectivity index is 2.84. The van der Waals surface area contributed by atoms with Crippen LogP contribution in [0.1, 0.15) is 6.92 Å². The quantitative estimate of drug-likeness (QED) is 0.648. The van der Waals surface area contributed by atoms with E-state index in [1.165, 1.54) is 3.97 Å². The Hall–Kier alpha value is -1.40. The molecule has 0 aromatic carbocycles. The summed E-state index contributed by atoms with van der Waals surface area (Å²) in [5.41, 5.74) is 2.47. The fourth-order valence-electron chi connectivity index (χ4n) is 1.20. The van der Waals surface area contributed by atoms with Crippen LogP contribution in [-0.2, 0) is 16.8 Å². The zero-order valence-corrected chi connectivity index (χ0v) is 11.7. The molecule has 4 nitrogen and oxygen atoms in total. The van der Waals surface area contributed by atoms with Gasteiger partial charge in [-0.05, 0) is 13.0 Å². The van der Waals surface area contributed by atoms with E-state index in [2.05, 4.69) is 11.3 Å². The summed E-state index contributed by atoms with van der Waals surface area (Å²) >= 11 is 0. The van der Waals surface area contributed by atoms with Crippen molar-refractivity contribution in [1.82, 2.24) is 8.69 Å². The van der Waals surface area contributed by atoms with Crippen LogP contribution in [0.3, 0.4) is 0 Å². The lowest BCUT2D eigenvalue weighted by molar-refractivity contribution is 0.580. The van der Waals surface area contributed by atoms with Gasteiger partial charge in [0.2, 0.25) is 0 Å². The summed E-state index contributed by atoms with van der Waals surface area (Å²) in [5.74, 6) is 1.74. The monoisotopic (exact) mass is 268 g/mol. The average molecular weight is 268 g/mol. The smallest absolute Gasteiger partial charge is 0.270 e. The third kappa shape index (κ3) is 4.16. The van der Waals surface area contributed by atoms with Gasteiger partial charge in [-0.2, -0.15) is 8.42 Å². The highest BCUT2D eigenvalue weighted by molar-refractivity contribution is 7.88. The number of rotatable bonds is 5. The SMILES string of the molecule is C=C/C=C\C=C(/C)NS(=O)(=O)n1cc[si](C)c1. The van der Waals surface area contributed by atoms with Gasteiger partial charge in [-0.3, -0.25) is 4.72 Å². The molecular weight excluding hydrogens is 252 g/mol. The highest BCUT2D eigenvalue weighted by Gasteiger charge is 2.11. The van der Waals surface area contributed by atoms with Gasteiger partial charge < -0.3 is 0 Å². The number of nitrogens with one attached hydrogen (secondary N) is 1. The summed E-state index contributed by atoms with van der Waals surface area (Å²) in [7, 11) is -4.28. The lowest BCUT2D eigenvalue weighted by Crippen LogP contribution is -2.27. The summed E-state index contributed by atoms with van der Waals surface area (Å²) in [6.07, 6.45) is 8.34. The Labute approximate surface area is 104 Å². The van der Waals surface area contributed by atoms with Gasteiger partial charge in [0.25, 0.3) is 0 Å². The van der Waals surface area contributed by atoms with Crippen LogP contribution < -0.4 is 4.72 Å². The van der Waals surface area contributed by atoms with E-state index in [9.17, 15) is 8.42 Å². The van der Waals surface area contributed by atoms with E-state index in [1.54, 1.807) is 43.2 Å². The van der Waals surface area contributed by atoms with Crippen LogP contribution >= 0.6 is 0 Å². The number of nitrogens with zero attached hydrogens (tertiary/aromatic N) is 1. The Kier molecular flexibility index (Phi) is 4.65. The molecule has 0 amide bonds. The molecule has 0 aliphatic heterocycles. The van der Waals surface area contributed by atoms with Gasteiger partial charge in [-0.15, -0.1) is 0 Å². The fourth-order valence-corrected chi connectivity index (χ4v) is 4.13. The molecule has 6 heteroatoms. The number of aryl methyl sites for hydroxylation is 1. The molecule has 17 heavy (non-hydrogen) atoms. The molecule has 1 rings (SSSR count). The van der Waals surface area contributed by atoms with Crippen LogP contribution in [0.25, 0.3) is 0 Å². The maximum absolute atomic E-state index is 11.9.